The molecule has 1 aromatic carbocycles. The first-order valence-electron chi connectivity index (χ1n) is 6.62. The summed E-state index contributed by atoms with van der Waals surface area (Å²) in [6, 6.07) is 6.80. The molecule has 0 aliphatic carbocycles. The van der Waals surface area contributed by atoms with Gasteiger partial charge < -0.3 is 14.4 Å². The molecule has 3 nitrogen and oxygen atoms in total. The molecule has 2 saturated heterocycles. The second-order valence-corrected chi connectivity index (χ2v) is 5.16. The molecule has 2 fully saturated rings. The van der Waals surface area contributed by atoms with Crippen LogP contribution in [0.2, 0.25) is 0 Å². The van der Waals surface area contributed by atoms with Crippen molar-refractivity contribution >= 4 is 0 Å². The zero-order valence-electron chi connectivity index (χ0n) is 10.5. The second-order valence-electron chi connectivity index (χ2n) is 5.16. The topological polar surface area (TPSA) is 22.9 Å². The number of likely N-dealkylation sites (tertiary alicyclic amines) is 1. The standard InChI is InChI=1S/C14H18FNO2/c15-13-3-1-12(2-4-13)11-16-7-5-14(6-8-16)17-9-10-18-14/h1-4H,5-11H2/p+1. The maximum absolute atomic E-state index is 12.8. The van der Waals surface area contributed by atoms with E-state index in [1.165, 1.54) is 22.6 Å². The minimum absolute atomic E-state index is 0.167. The number of ether oxygens (including phenoxy) is 2. The van der Waals surface area contributed by atoms with Gasteiger partial charge >= 0.3 is 0 Å². The minimum atomic E-state index is -0.285. The molecule has 2 heterocycles. The van der Waals surface area contributed by atoms with Crippen LogP contribution < -0.4 is 4.90 Å². The van der Waals surface area contributed by atoms with Gasteiger partial charge in [-0.15, -0.1) is 0 Å². The molecule has 1 N–H and O–H groups in total. The van der Waals surface area contributed by atoms with Gasteiger partial charge in [-0.1, -0.05) is 12.1 Å². The Kier molecular flexibility index (Phi) is 3.33. The lowest BCUT2D eigenvalue weighted by molar-refractivity contribution is -0.922. The van der Waals surface area contributed by atoms with E-state index in [4.69, 9.17) is 9.47 Å². The van der Waals surface area contributed by atoms with Crippen molar-refractivity contribution in [2.24, 2.45) is 0 Å². The van der Waals surface area contributed by atoms with Crippen LogP contribution in [0.3, 0.4) is 0 Å². The average molecular weight is 252 g/mol. The molecule has 0 saturated carbocycles. The van der Waals surface area contributed by atoms with Gasteiger partial charge in [-0.2, -0.15) is 0 Å². The molecule has 0 unspecified atom stereocenters. The van der Waals surface area contributed by atoms with Crippen molar-refractivity contribution in [3.8, 4) is 0 Å². The highest BCUT2D eigenvalue weighted by Crippen LogP contribution is 2.27. The van der Waals surface area contributed by atoms with Crippen molar-refractivity contribution < 1.29 is 18.8 Å². The summed E-state index contributed by atoms with van der Waals surface area (Å²) >= 11 is 0. The predicted molar refractivity (Wildman–Crippen MR) is 64.7 cm³/mol. The van der Waals surface area contributed by atoms with Crippen molar-refractivity contribution in [2.45, 2.75) is 25.2 Å². The van der Waals surface area contributed by atoms with E-state index in [0.29, 0.717) is 0 Å². The lowest BCUT2D eigenvalue weighted by atomic mass is 10.0. The van der Waals surface area contributed by atoms with Crippen LogP contribution in [-0.4, -0.2) is 32.1 Å². The number of piperidine rings is 1. The van der Waals surface area contributed by atoms with Gasteiger partial charge in [-0.3, -0.25) is 0 Å². The number of nitrogens with one attached hydrogen (secondary N) is 1. The van der Waals surface area contributed by atoms with Crippen LogP contribution in [-0.2, 0) is 16.0 Å². The molecule has 0 aromatic heterocycles. The van der Waals surface area contributed by atoms with Gasteiger partial charge in [0.2, 0.25) is 0 Å². The van der Waals surface area contributed by atoms with Crippen LogP contribution in [0.15, 0.2) is 24.3 Å². The molecule has 0 bridgehead atoms. The van der Waals surface area contributed by atoms with E-state index in [1.54, 1.807) is 0 Å². The van der Waals surface area contributed by atoms with Crippen LogP contribution in [0.5, 0.6) is 0 Å². The fourth-order valence-corrected chi connectivity index (χ4v) is 2.84. The summed E-state index contributed by atoms with van der Waals surface area (Å²) in [5.74, 6) is -0.453. The van der Waals surface area contributed by atoms with E-state index in [0.717, 1.165) is 45.7 Å². The van der Waals surface area contributed by atoms with E-state index < -0.39 is 0 Å². The first kappa shape index (κ1) is 12.1. The van der Waals surface area contributed by atoms with Crippen LogP contribution in [0.25, 0.3) is 0 Å². The third kappa shape index (κ3) is 2.55. The lowest BCUT2D eigenvalue weighted by Gasteiger charge is -2.35. The van der Waals surface area contributed by atoms with E-state index >= 15 is 0 Å². The van der Waals surface area contributed by atoms with Gasteiger partial charge in [0.15, 0.2) is 5.79 Å². The van der Waals surface area contributed by atoms with Crippen LogP contribution in [0, 0.1) is 5.82 Å². The molecule has 0 amide bonds. The summed E-state index contributed by atoms with van der Waals surface area (Å²) in [6.45, 7) is 4.52. The van der Waals surface area contributed by atoms with E-state index in [9.17, 15) is 4.39 Å². The van der Waals surface area contributed by atoms with Gasteiger partial charge in [0.1, 0.15) is 12.4 Å². The van der Waals surface area contributed by atoms with Gasteiger partial charge in [-0.05, 0) is 12.1 Å². The van der Waals surface area contributed by atoms with E-state index in [2.05, 4.69) is 0 Å². The molecule has 18 heavy (non-hydrogen) atoms. The summed E-state index contributed by atoms with van der Waals surface area (Å²) in [5, 5.41) is 0. The minimum Gasteiger partial charge on any atom is -0.347 e. The third-order valence-electron chi connectivity index (χ3n) is 3.90. The number of halogens is 1. The Hall–Kier alpha value is -0.970. The van der Waals surface area contributed by atoms with Gasteiger partial charge in [0.25, 0.3) is 0 Å². The van der Waals surface area contributed by atoms with Crippen LogP contribution >= 0.6 is 0 Å². The van der Waals surface area contributed by atoms with Gasteiger partial charge in [0.05, 0.1) is 39.1 Å². The molecule has 3 rings (SSSR count). The Morgan fingerprint density at radius 3 is 2.28 bits per heavy atom. The van der Waals surface area contributed by atoms with Crippen molar-refractivity contribution in [1.29, 1.82) is 0 Å². The molecule has 0 radical (unpaired) electrons. The highest BCUT2D eigenvalue weighted by Gasteiger charge is 2.41. The number of benzene rings is 1. The normalized spacial score (nSPS) is 23.6. The Balaban J connectivity index is 1.55. The fraction of sp³-hybridized carbons (Fsp3) is 0.571. The molecule has 4 heteroatoms. The first-order valence-corrected chi connectivity index (χ1v) is 6.62. The van der Waals surface area contributed by atoms with Crippen molar-refractivity contribution in [2.75, 3.05) is 26.3 Å². The summed E-state index contributed by atoms with van der Waals surface area (Å²) < 4.78 is 24.2. The van der Waals surface area contributed by atoms with Crippen molar-refractivity contribution in [3.05, 3.63) is 35.6 Å². The monoisotopic (exact) mass is 252 g/mol. The predicted octanol–water partition coefficient (Wildman–Crippen LogP) is 0.747. The quantitative estimate of drug-likeness (QED) is 0.839. The van der Waals surface area contributed by atoms with Crippen molar-refractivity contribution in [3.63, 3.8) is 0 Å². The molecule has 98 valence electrons. The maximum Gasteiger partial charge on any atom is 0.179 e. The summed E-state index contributed by atoms with van der Waals surface area (Å²) in [6.07, 6.45) is 1.92. The summed E-state index contributed by atoms with van der Waals surface area (Å²) in [7, 11) is 0. The largest absolute Gasteiger partial charge is 0.347 e. The molecule has 2 aliphatic heterocycles. The zero-order valence-corrected chi connectivity index (χ0v) is 10.5. The fourth-order valence-electron chi connectivity index (χ4n) is 2.84. The van der Waals surface area contributed by atoms with E-state index in [1.807, 2.05) is 12.1 Å². The summed E-state index contributed by atoms with van der Waals surface area (Å²) in [5.41, 5.74) is 1.19. The highest BCUT2D eigenvalue weighted by atomic mass is 19.1. The number of hydrogen-bond acceptors (Lipinski definition) is 2. The Labute approximate surface area is 106 Å². The maximum atomic E-state index is 12.8. The van der Waals surface area contributed by atoms with Gasteiger partial charge in [0, 0.05) is 5.56 Å². The van der Waals surface area contributed by atoms with Crippen LogP contribution in [0.1, 0.15) is 18.4 Å². The van der Waals surface area contributed by atoms with Crippen LogP contribution in [0.4, 0.5) is 4.39 Å². The first-order chi connectivity index (χ1) is 8.76. The molecule has 1 spiro atoms. The average Bonchev–Trinajstić information content (AvgIpc) is 2.84. The number of hydrogen-bond donors (Lipinski definition) is 1. The lowest BCUT2D eigenvalue weighted by Crippen LogP contribution is -3.12. The molecular weight excluding hydrogens is 233 g/mol. The number of quaternary nitrogens is 1. The van der Waals surface area contributed by atoms with Crippen molar-refractivity contribution in [1.82, 2.24) is 0 Å². The molecular formula is C14H19FNO2+. The molecule has 2 aliphatic rings. The summed E-state index contributed by atoms with van der Waals surface area (Å²) in [4.78, 5) is 1.52. The Morgan fingerprint density at radius 2 is 1.67 bits per heavy atom. The molecule has 1 aromatic rings. The Bertz CT molecular complexity index is 391. The molecule has 0 atom stereocenters. The smallest absolute Gasteiger partial charge is 0.179 e. The Morgan fingerprint density at radius 1 is 1.06 bits per heavy atom. The third-order valence-corrected chi connectivity index (χ3v) is 3.90. The highest BCUT2D eigenvalue weighted by molar-refractivity contribution is 5.14. The van der Waals surface area contributed by atoms with Gasteiger partial charge in [-0.25, -0.2) is 4.39 Å². The van der Waals surface area contributed by atoms with E-state index in [-0.39, 0.29) is 11.6 Å². The SMILES string of the molecule is Fc1ccc(C[NH+]2CCC3(CC2)OCCO3)cc1. The zero-order chi connectivity index (χ0) is 12.4. The second kappa shape index (κ2) is 4.96. The number of rotatable bonds is 2.